The molecule has 1 aliphatic rings. The van der Waals surface area contributed by atoms with Gasteiger partial charge in [0.05, 0.1) is 18.1 Å². The van der Waals surface area contributed by atoms with Gasteiger partial charge in [0.2, 0.25) is 15.9 Å². The number of nitrogens with one attached hydrogen (secondary N) is 2. The number of anilines is 1. The zero-order chi connectivity index (χ0) is 17.7. The summed E-state index contributed by atoms with van der Waals surface area (Å²) in [6, 6.07) is 1.56. The number of amides is 1. The SMILES string of the molecule is Cn1ncc(N2CC[C@H](CNC(=O)CCNS(C)(=O)=O)C2)cc1=O. The maximum atomic E-state index is 11.7. The lowest BCUT2D eigenvalue weighted by atomic mass is 10.1. The number of aryl methyl sites for hydroxylation is 1. The first-order chi connectivity index (χ1) is 11.2. The van der Waals surface area contributed by atoms with Crippen LogP contribution < -0.4 is 20.5 Å². The lowest BCUT2D eigenvalue weighted by molar-refractivity contribution is -0.121. The highest BCUT2D eigenvalue weighted by Gasteiger charge is 2.23. The molecular formula is C14H23N5O4S. The molecule has 2 heterocycles. The summed E-state index contributed by atoms with van der Waals surface area (Å²) in [5.74, 6) is 0.112. The molecule has 134 valence electrons. The smallest absolute Gasteiger partial charge is 0.268 e. The van der Waals surface area contributed by atoms with Crippen LogP contribution in [-0.2, 0) is 21.9 Å². The van der Waals surface area contributed by atoms with Crippen molar-refractivity contribution in [3.63, 3.8) is 0 Å². The number of hydrogen-bond acceptors (Lipinski definition) is 6. The van der Waals surface area contributed by atoms with E-state index in [0.29, 0.717) is 12.5 Å². The Morgan fingerprint density at radius 2 is 2.21 bits per heavy atom. The third-order valence-corrected chi connectivity index (χ3v) is 4.64. The number of nitrogens with zero attached hydrogens (tertiary/aromatic N) is 3. The summed E-state index contributed by atoms with van der Waals surface area (Å²) in [4.78, 5) is 25.4. The number of hydrogen-bond donors (Lipinski definition) is 2. The number of carbonyl (C=O) groups is 1. The van der Waals surface area contributed by atoms with E-state index in [0.717, 1.165) is 31.5 Å². The number of aromatic nitrogens is 2. The second-order valence-corrected chi connectivity index (χ2v) is 7.83. The molecule has 0 unspecified atom stereocenters. The van der Waals surface area contributed by atoms with Gasteiger partial charge in [0, 0.05) is 45.7 Å². The highest BCUT2D eigenvalue weighted by atomic mass is 32.2. The van der Waals surface area contributed by atoms with E-state index in [-0.39, 0.29) is 24.4 Å². The van der Waals surface area contributed by atoms with Crippen molar-refractivity contribution in [1.82, 2.24) is 19.8 Å². The Labute approximate surface area is 141 Å². The van der Waals surface area contributed by atoms with Crippen molar-refractivity contribution in [2.75, 3.05) is 37.3 Å². The monoisotopic (exact) mass is 357 g/mol. The fourth-order valence-corrected chi connectivity index (χ4v) is 3.04. The Morgan fingerprint density at radius 3 is 2.88 bits per heavy atom. The first kappa shape index (κ1) is 18.4. The van der Waals surface area contributed by atoms with Gasteiger partial charge in [-0.05, 0) is 12.3 Å². The Balaban J connectivity index is 1.74. The predicted molar refractivity (Wildman–Crippen MR) is 90.3 cm³/mol. The van der Waals surface area contributed by atoms with Gasteiger partial charge in [-0.3, -0.25) is 9.59 Å². The number of sulfonamides is 1. The average Bonchev–Trinajstić information content (AvgIpc) is 2.95. The Hall–Kier alpha value is -1.94. The molecule has 1 aromatic heterocycles. The molecule has 10 heteroatoms. The molecule has 0 radical (unpaired) electrons. The van der Waals surface area contributed by atoms with Crippen LogP contribution in [0.25, 0.3) is 0 Å². The molecule has 1 atom stereocenters. The van der Waals surface area contributed by atoms with E-state index in [2.05, 4.69) is 20.0 Å². The molecule has 0 aromatic carbocycles. The molecular weight excluding hydrogens is 334 g/mol. The van der Waals surface area contributed by atoms with Crippen molar-refractivity contribution in [2.24, 2.45) is 13.0 Å². The maximum absolute atomic E-state index is 11.7. The predicted octanol–water partition coefficient (Wildman–Crippen LogP) is -1.34. The Bertz CT molecular complexity index is 746. The Morgan fingerprint density at radius 1 is 1.46 bits per heavy atom. The molecule has 0 bridgehead atoms. The summed E-state index contributed by atoms with van der Waals surface area (Å²) in [6.07, 6.45) is 3.75. The van der Waals surface area contributed by atoms with Gasteiger partial charge in [-0.1, -0.05) is 0 Å². The molecule has 1 aromatic rings. The van der Waals surface area contributed by atoms with E-state index in [1.807, 2.05) is 0 Å². The highest BCUT2D eigenvalue weighted by molar-refractivity contribution is 7.88. The molecule has 1 amide bonds. The van der Waals surface area contributed by atoms with E-state index >= 15 is 0 Å². The van der Waals surface area contributed by atoms with Crippen molar-refractivity contribution in [2.45, 2.75) is 12.8 Å². The van der Waals surface area contributed by atoms with Crippen LogP contribution >= 0.6 is 0 Å². The third-order valence-electron chi connectivity index (χ3n) is 3.91. The van der Waals surface area contributed by atoms with E-state index in [4.69, 9.17) is 0 Å². The molecule has 24 heavy (non-hydrogen) atoms. The van der Waals surface area contributed by atoms with Crippen LogP contribution in [0.1, 0.15) is 12.8 Å². The Kier molecular flexibility index (Phi) is 5.94. The topological polar surface area (TPSA) is 113 Å². The largest absolute Gasteiger partial charge is 0.370 e. The van der Waals surface area contributed by atoms with Crippen LogP contribution in [0.2, 0.25) is 0 Å². The van der Waals surface area contributed by atoms with Crippen LogP contribution in [0.5, 0.6) is 0 Å². The number of carbonyl (C=O) groups excluding carboxylic acids is 1. The van der Waals surface area contributed by atoms with Gasteiger partial charge in [-0.25, -0.2) is 17.8 Å². The van der Waals surface area contributed by atoms with Gasteiger partial charge in [0.15, 0.2) is 0 Å². The van der Waals surface area contributed by atoms with Crippen LogP contribution in [0, 0.1) is 5.92 Å². The van der Waals surface area contributed by atoms with E-state index < -0.39 is 10.0 Å². The zero-order valence-corrected chi connectivity index (χ0v) is 14.7. The van der Waals surface area contributed by atoms with Gasteiger partial charge in [-0.15, -0.1) is 0 Å². The lowest BCUT2D eigenvalue weighted by Crippen LogP contribution is -2.34. The fourth-order valence-electron chi connectivity index (χ4n) is 2.56. The van der Waals surface area contributed by atoms with E-state index in [9.17, 15) is 18.0 Å². The maximum Gasteiger partial charge on any atom is 0.268 e. The summed E-state index contributed by atoms with van der Waals surface area (Å²) in [5.41, 5.74) is 0.645. The summed E-state index contributed by atoms with van der Waals surface area (Å²) in [6.45, 7) is 2.19. The molecule has 0 aliphatic carbocycles. The summed E-state index contributed by atoms with van der Waals surface area (Å²) in [5, 5.41) is 6.83. The molecule has 2 rings (SSSR count). The lowest BCUT2D eigenvalue weighted by Gasteiger charge is -2.18. The standard InChI is InChI=1S/C14H23N5O4S/c1-18-14(21)7-12(9-16-18)19-6-4-11(10-19)8-15-13(20)3-5-17-24(2,22)23/h7,9,11,17H,3-6,8,10H2,1-2H3,(H,15,20)/t11-/m1/s1. The van der Waals surface area contributed by atoms with Gasteiger partial charge in [-0.2, -0.15) is 5.10 Å². The quantitative estimate of drug-likeness (QED) is 0.625. The van der Waals surface area contributed by atoms with Crippen LogP contribution in [0.4, 0.5) is 5.69 Å². The molecule has 1 fully saturated rings. The minimum atomic E-state index is -3.26. The fraction of sp³-hybridized carbons (Fsp3) is 0.643. The van der Waals surface area contributed by atoms with Crippen molar-refractivity contribution in [3.8, 4) is 0 Å². The van der Waals surface area contributed by atoms with Gasteiger partial charge >= 0.3 is 0 Å². The minimum absolute atomic E-state index is 0.0977. The summed E-state index contributed by atoms with van der Waals surface area (Å²) >= 11 is 0. The average molecular weight is 357 g/mol. The second-order valence-electron chi connectivity index (χ2n) is 6.00. The highest BCUT2D eigenvalue weighted by Crippen LogP contribution is 2.21. The first-order valence-electron chi connectivity index (χ1n) is 7.74. The molecule has 1 saturated heterocycles. The second kappa shape index (κ2) is 7.75. The van der Waals surface area contributed by atoms with Gasteiger partial charge < -0.3 is 10.2 Å². The summed E-state index contributed by atoms with van der Waals surface area (Å²) in [7, 11) is -1.66. The van der Waals surface area contributed by atoms with E-state index in [1.54, 1.807) is 19.3 Å². The van der Waals surface area contributed by atoms with Crippen molar-refractivity contribution in [3.05, 3.63) is 22.6 Å². The van der Waals surface area contributed by atoms with Crippen LogP contribution in [0.3, 0.4) is 0 Å². The molecule has 1 aliphatic heterocycles. The van der Waals surface area contributed by atoms with Crippen molar-refractivity contribution >= 4 is 21.6 Å². The van der Waals surface area contributed by atoms with Gasteiger partial charge in [0.1, 0.15) is 0 Å². The normalized spacial score (nSPS) is 17.9. The van der Waals surface area contributed by atoms with Gasteiger partial charge in [0.25, 0.3) is 5.56 Å². The van der Waals surface area contributed by atoms with Crippen LogP contribution in [-0.4, -0.2) is 56.5 Å². The third kappa shape index (κ3) is 5.60. The zero-order valence-electron chi connectivity index (χ0n) is 13.9. The molecule has 0 saturated carbocycles. The molecule has 9 nitrogen and oxygen atoms in total. The van der Waals surface area contributed by atoms with Crippen molar-refractivity contribution < 1.29 is 13.2 Å². The minimum Gasteiger partial charge on any atom is -0.370 e. The first-order valence-corrected chi connectivity index (χ1v) is 9.63. The summed E-state index contributed by atoms with van der Waals surface area (Å²) < 4.78 is 25.4. The van der Waals surface area contributed by atoms with Crippen LogP contribution in [0.15, 0.2) is 17.1 Å². The van der Waals surface area contributed by atoms with Crippen molar-refractivity contribution in [1.29, 1.82) is 0 Å². The molecule has 2 N–H and O–H groups in total. The number of rotatable bonds is 7. The molecule has 0 spiro atoms. The van der Waals surface area contributed by atoms with E-state index in [1.165, 1.54) is 4.68 Å².